The molecule has 0 aliphatic heterocycles. The molecule has 0 fully saturated rings. The summed E-state index contributed by atoms with van der Waals surface area (Å²) in [6.45, 7) is 0.190. The summed E-state index contributed by atoms with van der Waals surface area (Å²) >= 11 is 9.30. The minimum Gasteiger partial charge on any atom is -0.488 e. The highest BCUT2D eigenvalue weighted by molar-refractivity contribution is 9.10. The van der Waals surface area contributed by atoms with Crippen molar-refractivity contribution < 1.29 is 14.4 Å². The first-order valence-electron chi connectivity index (χ1n) is 10.2. The lowest BCUT2D eigenvalue weighted by molar-refractivity contribution is -0.120. The maximum Gasteiger partial charge on any atom is 0.265 e. The summed E-state index contributed by atoms with van der Waals surface area (Å²) < 4.78 is 7.10. The van der Waals surface area contributed by atoms with Crippen molar-refractivity contribution in [2.24, 2.45) is 5.16 Å². The number of fused-ring (bicyclic) bond motifs is 1. The first-order valence-corrected chi connectivity index (χ1v) is 11.4. The van der Waals surface area contributed by atoms with Crippen LogP contribution in [-0.2, 0) is 16.2 Å². The predicted molar refractivity (Wildman–Crippen MR) is 136 cm³/mol. The lowest BCUT2D eigenvalue weighted by Crippen LogP contribution is -2.16. The molecule has 0 aliphatic carbocycles. The number of benzene rings is 4. The highest BCUT2D eigenvalue weighted by atomic mass is 79.9. The molecule has 1 N–H and O–H groups in total. The van der Waals surface area contributed by atoms with Gasteiger partial charge in [-0.25, -0.2) is 0 Å². The van der Waals surface area contributed by atoms with Crippen LogP contribution in [0.4, 0.5) is 5.69 Å². The van der Waals surface area contributed by atoms with Gasteiger partial charge in [-0.2, -0.15) is 0 Å². The second-order valence-corrected chi connectivity index (χ2v) is 8.53. The average Bonchev–Trinajstić information content (AvgIpc) is 2.83. The molecule has 0 spiro atoms. The van der Waals surface area contributed by atoms with Gasteiger partial charge in [-0.05, 0) is 58.8 Å². The summed E-state index contributed by atoms with van der Waals surface area (Å²) in [5.74, 6) is 0.355. The fourth-order valence-corrected chi connectivity index (χ4v) is 3.58. The number of hydrogen-bond acceptors (Lipinski definition) is 4. The summed E-state index contributed by atoms with van der Waals surface area (Å²) in [6.07, 6.45) is 1.58. The lowest BCUT2D eigenvalue weighted by Gasteiger charge is -2.12. The third kappa shape index (κ3) is 6.34. The Bertz CT molecular complexity index is 1280. The van der Waals surface area contributed by atoms with Gasteiger partial charge in [0.15, 0.2) is 6.61 Å². The van der Waals surface area contributed by atoms with Gasteiger partial charge in [0.2, 0.25) is 0 Å². The van der Waals surface area contributed by atoms with Crippen LogP contribution in [-0.4, -0.2) is 18.7 Å². The van der Waals surface area contributed by atoms with E-state index in [2.05, 4.69) is 26.4 Å². The van der Waals surface area contributed by atoms with Crippen molar-refractivity contribution in [3.8, 4) is 5.75 Å². The Labute approximate surface area is 205 Å². The van der Waals surface area contributed by atoms with Crippen molar-refractivity contribution in [3.05, 3.63) is 106 Å². The minimum absolute atomic E-state index is 0.223. The van der Waals surface area contributed by atoms with E-state index in [9.17, 15) is 4.79 Å². The van der Waals surface area contributed by atoms with Gasteiger partial charge >= 0.3 is 0 Å². The van der Waals surface area contributed by atoms with Gasteiger partial charge in [-0.3, -0.25) is 4.79 Å². The average molecular weight is 524 g/mol. The van der Waals surface area contributed by atoms with Gasteiger partial charge in [0.05, 0.1) is 6.21 Å². The number of halogens is 2. The van der Waals surface area contributed by atoms with Crippen LogP contribution in [0.2, 0.25) is 5.02 Å². The molecule has 33 heavy (non-hydrogen) atoms. The van der Waals surface area contributed by atoms with E-state index >= 15 is 0 Å². The first kappa shape index (κ1) is 22.8. The van der Waals surface area contributed by atoms with Crippen LogP contribution >= 0.6 is 27.5 Å². The second kappa shape index (κ2) is 11.0. The number of amides is 1. The van der Waals surface area contributed by atoms with E-state index in [0.29, 0.717) is 23.1 Å². The van der Waals surface area contributed by atoms with Crippen LogP contribution in [0.3, 0.4) is 0 Å². The van der Waals surface area contributed by atoms with Gasteiger partial charge in [0, 0.05) is 20.7 Å². The Morgan fingerprint density at radius 3 is 2.52 bits per heavy atom. The molecule has 0 saturated heterocycles. The van der Waals surface area contributed by atoms with Crippen molar-refractivity contribution in [1.29, 1.82) is 0 Å². The van der Waals surface area contributed by atoms with Gasteiger partial charge in [-0.1, -0.05) is 75.2 Å². The van der Waals surface area contributed by atoms with Crippen LogP contribution in [0.5, 0.6) is 5.75 Å². The molecule has 7 heteroatoms. The molecule has 0 radical (unpaired) electrons. The van der Waals surface area contributed by atoms with Crippen molar-refractivity contribution >= 4 is 56.1 Å². The molecule has 4 aromatic carbocycles. The fourth-order valence-electron chi connectivity index (χ4n) is 3.19. The molecular formula is C26H20BrClN2O3. The van der Waals surface area contributed by atoms with Crippen molar-refractivity contribution in [1.82, 2.24) is 0 Å². The maximum atomic E-state index is 12.1. The zero-order chi connectivity index (χ0) is 23.0. The minimum atomic E-state index is -0.320. The summed E-state index contributed by atoms with van der Waals surface area (Å²) in [6, 6.07) is 26.7. The Hall–Kier alpha value is -3.35. The number of rotatable bonds is 8. The van der Waals surface area contributed by atoms with E-state index in [1.54, 1.807) is 30.5 Å². The zero-order valence-electron chi connectivity index (χ0n) is 17.5. The topological polar surface area (TPSA) is 59.9 Å². The number of carbonyl (C=O) groups is 1. The summed E-state index contributed by atoms with van der Waals surface area (Å²) in [5.41, 5.74) is 2.46. The molecule has 5 nitrogen and oxygen atoms in total. The number of nitrogens with one attached hydrogen (secondary N) is 1. The van der Waals surface area contributed by atoms with Crippen LogP contribution in [0, 0.1) is 0 Å². The number of hydrogen-bond donors (Lipinski definition) is 1. The Morgan fingerprint density at radius 2 is 1.73 bits per heavy atom. The normalized spacial score (nSPS) is 11.0. The molecule has 4 aromatic rings. The highest BCUT2D eigenvalue weighted by Crippen LogP contribution is 2.27. The molecule has 0 saturated carbocycles. The monoisotopic (exact) mass is 522 g/mol. The standard InChI is InChI=1S/C26H20BrClN2O3/c27-20-8-5-18(6-9-20)16-32-25-14-7-19-3-1-2-4-23(19)24(25)15-29-33-17-26(31)30-22-12-10-21(28)11-13-22/h1-15H,16-17H2,(H,30,31)/b29-15+. The maximum absolute atomic E-state index is 12.1. The SMILES string of the molecule is O=C(CO/N=C/c1c(OCc2ccc(Br)cc2)ccc2ccccc12)Nc1ccc(Cl)cc1. The molecule has 0 unspecified atom stereocenters. The second-order valence-electron chi connectivity index (χ2n) is 7.18. The molecule has 166 valence electrons. The Kier molecular flexibility index (Phi) is 7.60. The summed E-state index contributed by atoms with van der Waals surface area (Å²) in [7, 11) is 0. The summed E-state index contributed by atoms with van der Waals surface area (Å²) in [4.78, 5) is 17.3. The van der Waals surface area contributed by atoms with Crippen LogP contribution < -0.4 is 10.1 Å². The lowest BCUT2D eigenvalue weighted by atomic mass is 10.0. The number of oxime groups is 1. The number of anilines is 1. The molecule has 0 bridgehead atoms. The predicted octanol–water partition coefficient (Wildman–Crippen LogP) is 6.82. The molecule has 0 aromatic heterocycles. The van der Waals surface area contributed by atoms with E-state index in [0.717, 1.165) is 26.4 Å². The molecule has 0 atom stereocenters. The van der Waals surface area contributed by atoms with Crippen molar-refractivity contribution in [3.63, 3.8) is 0 Å². The van der Waals surface area contributed by atoms with Crippen molar-refractivity contribution in [2.75, 3.05) is 11.9 Å². The third-order valence-electron chi connectivity index (χ3n) is 4.82. The number of ether oxygens (including phenoxy) is 1. The van der Waals surface area contributed by atoms with E-state index in [1.165, 1.54) is 0 Å². The van der Waals surface area contributed by atoms with Crippen LogP contribution in [0.15, 0.2) is 94.6 Å². The Balaban J connectivity index is 1.45. The Morgan fingerprint density at radius 1 is 0.970 bits per heavy atom. The van der Waals surface area contributed by atoms with Gasteiger partial charge < -0.3 is 14.9 Å². The van der Waals surface area contributed by atoms with E-state index < -0.39 is 0 Å². The van der Waals surface area contributed by atoms with Crippen LogP contribution in [0.1, 0.15) is 11.1 Å². The van der Waals surface area contributed by atoms with Gasteiger partial charge in [0.25, 0.3) is 5.91 Å². The van der Waals surface area contributed by atoms with Crippen LogP contribution in [0.25, 0.3) is 10.8 Å². The molecule has 0 aliphatic rings. The van der Waals surface area contributed by atoms with Gasteiger partial charge in [-0.15, -0.1) is 0 Å². The highest BCUT2D eigenvalue weighted by Gasteiger charge is 2.09. The molecule has 4 rings (SSSR count). The largest absolute Gasteiger partial charge is 0.488 e. The fraction of sp³-hybridized carbons (Fsp3) is 0.0769. The molecule has 1 amide bonds. The molecular weight excluding hydrogens is 504 g/mol. The molecule has 0 heterocycles. The van der Waals surface area contributed by atoms with Crippen molar-refractivity contribution in [2.45, 2.75) is 6.61 Å². The zero-order valence-corrected chi connectivity index (χ0v) is 19.8. The third-order valence-corrected chi connectivity index (χ3v) is 5.60. The summed E-state index contributed by atoms with van der Waals surface area (Å²) in [5, 5.41) is 9.37. The quantitative estimate of drug-likeness (QED) is 0.203. The smallest absolute Gasteiger partial charge is 0.265 e. The van der Waals surface area contributed by atoms with E-state index in [1.807, 2.05) is 60.7 Å². The number of nitrogens with zero attached hydrogens (tertiary/aromatic N) is 1. The van der Waals surface area contributed by atoms with E-state index in [-0.39, 0.29) is 12.5 Å². The first-order chi connectivity index (χ1) is 16.1. The number of carbonyl (C=O) groups excluding carboxylic acids is 1. The van der Waals surface area contributed by atoms with E-state index in [4.69, 9.17) is 21.2 Å². The van der Waals surface area contributed by atoms with Gasteiger partial charge in [0.1, 0.15) is 12.4 Å².